The number of likely N-dealkylation sites (N-methyl/N-ethyl adjacent to an activating group) is 1. The molecule has 10 nitrogen and oxygen atoms in total. The summed E-state index contributed by atoms with van der Waals surface area (Å²) in [5.41, 5.74) is 4.45. The first-order valence-electron chi connectivity index (χ1n) is 13.2. The molecule has 0 saturated carbocycles. The zero-order valence-corrected chi connectivity index (χ0v) is 22.3. The van der Waals surface area contributed by atoms with Gasteiger partial charge in [-0.05, 0) is 51.4 Å². The minimum atomic E-state index is -0.117. The molecule has 1 N–H and O–H groups in total. The second-order valence-corrected chi connectivity index (χ2v) is 9.76. The number of allylic oxidation sites excluding steroid dienone is 3. The van der Waals surface area contributed by atoms with Crippen LogP contribution in [0, 0.1) is 0 Å². The number of hydrogen-bond acceptors (Lipinski definition) is 8. The summed E-state index contributed by atoms with van der Waals surface area (Å²) in [6.45, 7) is 5.57. The molecule has 5 rings (SSSR count). The third-order valence-corrected chi connectivity index (χ3v) is 6.83. The summed E-state index contributed by atoms with van der Waals surface area (Å²) in [4.78, 5) is 28.5. The van der Waals surface area contributed by atoms with E-state index < -0.39 is 0 Å². The Morgan fingerprint density at radius 3 is 2.84 bits per heavy atom. The topological polar surface area (TPSA) is 95.3 Å². The quantitative estimate of drug-likeness (QED) is 0.463. The Hall–Kier alpha value is -4.05. The summed E-state index contributed by atoms with van der Waals surface area (Å²) in [5.74, 6) is 1.05. The van der Waals surface area contributed by atoms with Crippen molar-refractivity contribution >= 4 is 23.4 Å². The van der Waals surface area contributed by atoms with Crippen LogP contribution in [-0.2, 0) is 6.54 Å². The second-order valence-electron chi connectivity index (χ2n) is 9.76. The van der Waals surface area contributed by atoms with E-state index in [1.165, 1.54) is 5.57 Å². The van der Waals surface area contributed by atoms with Gasteiger partial charge in [-0.1, -0.05) is 35.1 Å². The minimum Gasteiger partial charge on any atom is -0.357 e. The Morgan fingerprint density at radius 1 is 1.16 bits per heavy atom. The van der Waals surface area contributed by atoms with Gasteiger partial charge in [0.2, 0.25) is 5.95 Å². The van der Waals surface area contributed by atoms with Gasteiger partial charge >= 0.3 is 0 Å². The first kappa shape index (κ1) is 25.6. The molecule has 10 heteroatoms. The van der Waals surface area contributed by atoms with Gasteiger partial charge in [0, 0.05) is 51.7 Å². The third-order valence-electron chi connectivity index (χ3n) is 6.83. The maximum absolute atomic E-state index is 13.6. The number of carbonyl (C=O) groups is 1. The van der Waals surface area contributed by atoms with Crippen molar-refractivity contribution in [2.75, 3.05) is 55.4 Å². The molecule has 3 heterocycles. The van der Waals surface area contributed by atoms with Gasteiger partial charge in [0.15, 0.2) is 0 Å². The predicted octanol–water partition coefficient (Wildman–Crippen LogP) is 3.68. The van der Waals surface area contributed by atoms with E-state index in [4.69, 9.17) is 0 Å². The van der Waals surface area contributed by atoms with Gasteiger partial charge < -0.3 is 20.0 Å². The lowest BCUT2D eigenvalue weighted by molar-refractivity contribution is 0.0989. The molecule has 0 radical (unpaired) electrons. The third kappa shape index (κ3) is 5.75. The van der Waals surface area contributed by atoms with Crippen LogP contribution in [0.5, 0.6) is 0 Å². The van der Waals surface area contributed by atoms with Crippen molar-refractivity contribution in [3.05, 3.63) is 71.7 Å². The Bertz CT molecular complexity index is 1350. The molecule has 0 saturated heterocycles. The van der Waals surface area contributed by atoms with Crippen LogP contribution in [0.25, 0.3) is 5.69 Å². The van der Waals surface area contributed by atoms with E-state index in [0.717, 1.165) is 49.4 Å². The van der Waals surface area contributed by atoms with E-state index in [1.54, 1.807) is 15.8 Å². The van der Waals surface area contributed by atoms with Crippen LogP contribution in [0.2, 0.25) is 0 Å². The number of amides is 1. The summed E-state index contributed by atoms with van der Waals surface area (Å²) >= 11 is 0. The van der Waals surface area contributed by atoms with Crippen molar-refractivity contribution in [1.82, 2.24) is 29.9 Å². The highest BCUT2D eigenvalue weighted by Gasteiger charge is 2.28. The van der Waals surface area contributed by atoms with Crippen molar-refractivity contribution in [3.63, 3.8) is 0 Å². The summed E-state index contributed by atoms with van der Waals surface area (Å²) in [5, 5.41) is 11.9. The standard InChI is InChI=1S/C28H35N9O/c1-4-29-28-30-18-25-26(31-28)35(3)15-16-36(27(25)38)23-11-8-12-24(17-23)37-20-22(32-33-37)19-34(2)14-13-21-9-6-5-7-10-21/h6,8-12,17-18,20H,4-5,7,13-16,19H2,1-3H3,(H,29,30,31). The molecule has 2 aliphatic rings. The van der Waals surface area contributed by atoms with Crippen LogP contribution in [0.15, 0.2) is 60.5 Å². The van der Waals surface area contributed by atoms with E-state index in [0.29, 0.717) is 37.0 Å². The van der Waals surface area contributed by atoms with Gasteiger partial charge in [-0.15, -0.1) is 5.10 Å². The van der Waals surface area contributed by atoms with Crippen molar-refractivity contribution in [2.24, 2.45) is 0 Å². The Kier molecular flexibility index (Phi) is 7.78. The smallest absolute Gasteiger partial charge is 0.263 e. The SMILES string of the molecule is CCNc1ncc2c(n1)N(C)CCN(c1cccc(-n3cc(CN(C)CCC4=CCCC=C4)nn3)c1)C2=O. The number of hydrogen-bond donors (Lipinski definition) is 1. The Labute approximate surface area is 223 Å². The van der Waals surface area contributed by atoms with Crippen molar-refractivity contribution in [1.29, 1.82) is 0 Å². The second kappa shape index (κ2) is 11.6. The summed E-state index contributed by atoms with van der Waals surface area (Å²) in [7, 11) is 4.06. The van der Waals surface area contributed by atoms with Gasteiger partial charge in [0.25, 0.3) is 5.91 Å². The van der Waals surface area contributed by atoms with Crippen LogP contribution < -0.4 is 15.1 Å². The molecule has 2 aromatic heterocycles. The summed E-state index contributed by atoms with van der Waals surface area (Å²) in [6.07, 6.45) is 13.7. The average Bonchev–Trinajstić information content (AvgIpc) is 3.36. The Balaban J connectivity index is 1.29. The molecule has 198 valence electrons. The average molecular weight is 514 g/mol. The first-order chi connectivity index (χ1) is 18.5. The van der Waals surface area contributed by atoms with Crippen LogP contribution >= 0.6 is 0 Å². The fourth-order valence-electron chi connectivity index (χ4n) is 4.74. The molecule has 3 aromatic rings. The van der Waals surface area contributed by atoms with Crippen LogP contribution in [0.4, 0.5) is 17.5 Å². The minimum absolute atomic E-state index is 0.117. The fraction of sp³-hybridized carbons (Fsp3) is 0.393. The number of rotatable bonds is 9. The summed E-state index contributed by atoms with van der Waals surface area (Å²) in [6, 6.07) is 7.83. The van der Waals surface area contributed by atoms with Gasteiger partial charge in [0.05, 0.1) is 17.6 Å². The molecule has 1 aromatic carbocycles. The van der Waals surface area contributed by atoms with E-state index in [2.05, 4.69) is 55.8 Å². The van der Waals surface area contributed by atoms with Crippen molar-refractivity contribution in [2.45, 2.75) is 32.7 Å². The number of carbonyl (C=O) groups excluding carboxylic acids is 1. The zero-order valence-electron chi connectivity index (χ0n) is 22.3. The molecule has 1 aliphatic carbocycles. The molecule has 1 amide bonds. The fourth-order valence-corrected chi connectivity index (χ4v) is 4.74. The highest BCUT2D eigenvalue weighted by Crippen LogP contribution is 2.27. The molecule has 0 spiro atoms. The van der Waals surface area contributed by atoms with Gasteiger partial charge in [-0.3, -0.25) is 4.79 Å². The van der Waals surface area contributed by atoms with E-state index in [9.17, 15) is 4.79 Å². The zero-order chi connectivity index (χ0) is 26.5. The number of benzene rings is 1. The number of anilines is 3. The van der Waals surface area contributed by atoms with Crippen molar-refractivity contribution < 1.29 is 4.79 Å². The maximum Gasteiger partial charge on any atom is 0.263 e. The van der Waals surface area contributed by atoms with E-state index >= 15 is 0 Å². The molecule has 0 bridgehead atoms. The number of nitrogens with one attached hydrogen (secondary N) is 1. The molecule has 1 aliphatic heterocycles. The lowest BCUT2D eigenvalue weighted by Crippen LogP contribution is -2.33. The number of nitrogens with zero attached hydrogens (tertiary/aromatic N) is 8. The Morgan fingerprint density at radius 2 is 2.03 bits per heavy atom. The molecule has 0 atom stereocenters. The largest absolute Gasteiger partial charge is 0.357 e. The lowest BCUT2D eigenvalue weighted by atomic mass is 10.0. The molecule has 0 fully saturated rings. The molecule has 0 unspecified atom stereocenters. The number of fused-ring (bicyclic) bond motifs is 1. The predicted molar refractivity (Wildman–Crippen MR) is 150 cm³/mol. The molecular weight excluding hydrogens is 478 g/mol. The lowest BCUT2D eigenvalue weighted by Gasteiger charge is -2.21. The number of aromatic nitrogens is 5. The highest BCUT2D eigenvalue weighted by atomic mass is 16.2. The molecule has 38 heavy (non-hydrogen) atoms. The van der Waals surface area contributed by atoms with Crippen molar-refractivity contribution in [3.8, 4) is 5.69 Å². The monoisotopic (exact) mass is 513 g/mol. The van der Waals surface area contributed by atoms with Crippen LogP contribution in [0.1, 0.15) is 42.2 Å². The van der Waals surface area contributed by atoms with Gasteiger partial charge in [-0.2, -0.15) is 4.98 Å². The van der Waals surface area contributed by atoms with E-state index in [1.807, 2.05) is 49.3 Å². The normalized spacial score (nSPS) is 15.5. The maximum atomic E-state index is 13.6. The first-order valence-corrected chi connectivity index (χ1v) is 13.2. The summed E-state index contributed by atoms with van der Waals surface area (Å²) < 4.78 is 1.77. The highest BCUT2D eigenvalue weighted by molar-refractivity contribution is 6.09. The van der Waals surface area contributed by atoms with E-state index in [-0.39, 0.29) is 5.91 Å². The molecular formula is C28H35N9O. The van der Waals surface area contributed by atoms with Gasteiger partial charge in [-0.25, -0.2) is 9.67 Å². The van der Waals surface area contributed by atoms with Gasteiger partial charge in [0.1, 0.15) is 11.4 Å². The van der Waals surface area contributed by atoms with Crippen LogP contribution in [-0.4, -0.2) is 76.0 Å². The van der Waals surface area contributed by atoms with Crippen LogP contribution in [0.3, 0.4) is 0 Å².